The third-order valence-electron chi connectivity index (χ3n) is 4.36. The molecule has 1 aliphatic rings. The third kappa shape index (κ3) is 3.16. The zero-order chi connectivity index (χ0) is 16.6. The Morgan fingerprint density at radius 1 is 1.42 bits per heavy atom. The number of hydrogen-bond donors (Lipinski definition) is 2. The van der Waals surface area contributed by atoms with Crippen LogP contribution in [0.4, 0.5) is 10.1 Å². The second kappa shape index (κ2) is 7.32. The first kappa shape index (κ1) is 18.4. The molecular weight excluding hydrogens is 331 g/mol. The fourth-order valence-corrected chi connectivity index (χ4v) is 3.15. The maximum Gasteiger partial charge on any atom is 0.259 e. The van der Waals surface area contributed by atoms with Gasteiger partial charge in [-0.25, -0.2) is 4.39 Å². The standard InChI is InChI=1S/C17H21FN4O.ClH/c1-4-22-11(3)15(10(2)21-22)17(23)20-14-6-5-12-9-19-8-7-13(12)16(14)18;/h5-6,19H,4,7-9H2,1-3H3,(H,20,23);1H. The number of rotatable bonds is 3. The van der Waals surface area contributed by atoms with Gasteiger partial charge in [0.2, 0.25) is 0 Å². The maximum absolute atomic E-state index is 14.6. The number of nitrogens with one attached hydrogen (secondary N) is 2. The van der Waals surface area contributed by atoms with Crippen molar-refractivity contribution in [2.45, 2.75) is 40.3 Å². The maximum atomic E-state index is 14.6. The Bertz CT molecular complexity index is 772. The van der Waals surface area contributed by atoms with Crippen LogP contribution in [0, 0.1) is 19.7 Å². The number of carbonyl (C=O) groups excluding carboxylic acids is 1. The van der Waals surface area contributed by atoms with Crippen LogP contribution in [0.2, 0.25) is 0 Å². The highest BCUT2D eigenvalue weighted by Crippen LogP contribution is 2.25. The molecule has 1 aromatic carbocycles. The molecule has 1 aliphatic heterocycles. The van der Waals surface area contributed by atoms with Crippen molar-refractivity contribution in [2.24, 2.45) is 0 Å². The summed E-state index contributed by atoms with van der Waals surface area (Å²) in [4.78, 5) is 12.6. The molecule has 0 radical (unpaired) electrons. The minimum atomic E-state index is -0.324. The highest BCUT2D eigenvalue weighted by Gasteiger charge is 2.21. The zero-order valence-corrected chi connectivity index (χ0v) is 14.9. The van der Waals surface area contributed by atoms with Crippen molar-refractivity contribution in [3.05, 3.63) is 46.0 Å². The van der Waals surface area contributed by atoms with Crippen LogP contribution in [-0.4, -0.2) is 22.2 Å². The molecule has 1 amide bonds. The molecule has 0 atom stereocenters. The summed E-state index contributed by atoms with van der Waals surface area (Å²) in [5, 5.41) is 10.3. The molecule has 1 aromatic heterocycles. The van der Waals surface area contributed by atoms with Gasteiger partial charge >= 0.3 is 0 Å². The summed E-state index contributed by atoms with van der Waals surface area (Å²) >= 11 is 0. The molecule has 7 heteroatoms. The van der Waals surface area contributed by atoms with Gasteiger partial charge in [0, 0.05) is 18.8 Å². The van der Waals surface area contributed by atoms with E-state index in [1.165, 1.54) is 0 Å². The number of fused-ring (bicyclic) bond motifs is 1. The summed E-state index contributed by atoms with van der Waals surface area (Å²) in [5.74, 6) is -0.636. The van der Waals surface area contributed by atoms with Gasteiger partial charge < -0.3 is 10.6 Å². The van der Waals surface area contributed by atoms with Gasteiger partial charge in [0.05, 0.1) is 16.9 Å². The van der Waals surface area contributed by atoms with E-state index in [1.807, 2.05) is 19.9 Å². The van der Waals surface area contributed by atoms with E-state index in [0.29, 0.717) is 36.3 Å². The largest absolute Gasteiger partial charge is 0.319 e. The van der Waals surface area contributed by atoms with Gasteiger partial charge in [0.1, 0.15) is 5.82 Å². The van der Waals surface area contributed by atoms with Gasteiger partial charge in [-0.3, -0.25) is 9.48 Å². The molecule has 130 valence electrons. The van der Waals surface area contributed by atoms with Gasteiger partial charge in [-0.05, 0) is 50.9 Å². The summed E-state index contributed by atoms with van der Waals surface area (Å²) in [6.45, 7) is 7.74. The lowest BCUT2D eigenvalue weighted by atomic mass is 9.99. The Balaban J connectivity index is 0.00000208. The van der Waals surface area contributed by atoms with Gasteiger partial charge in [-0.15, -0.1) is 12.4 Å². The quantitative estimate of drug-likeness (QED) is 0.892. The molecule has 2 aromatic rings. The van der Waals surface area contributed by atoms with Crippen molar-refractivity contribution in [3.63, 3.8) is 0 Å². The van der Waals surface area contributed by atoms with Gasteiger partial charge in [0.25, 0.3) is 5.91 Å². The van der Waals surface area contributed by atoms with E-state index >= 15 is 0 Å². The van der Waals surface area contributed by atoms with Crippen LogP contribution >= 0.6 is 12.4 Å². The number of halogens is 2. The SMILES string of the molecule is CCn1nc(C)c(C(=O)Nc2ccc3c(c2F)CCNC3)c1C.Cl. The van der Waals surface area contributed by atoms with Gasteiger partial charge in [-0.1, -0.05) is 6.07 Å². The number of aryl methyl sites for hydroxylation is 2. The molecular formula is C17H22ClFN4O. The number of amides is 1. The van der Waals surface area contributed by atoms with Crippen LogP contribution in [-0.2, 0) is 19.5 Å². The molecule has 0 unspecified atom stereocenters. The fourth-order valence-electron chi connectivity index (χ4n) is 3.15. The van der Waals surface area contributed by atoms with E-state index in [0.717, 1.165) is 17.8 Å². The summed E-state index contributed by atoms with van der Waals surface area (Å²) in [6, 6.07) is 3.50. The second-order valence-corrected chi connectivity index (χ2v) is 5.81. The second-order valence-electron chi connectivity index (χ2n) is 5.81. The Kier molecular flexibility index (Phi) is 5.62. The van der Waals surface area contributed by atoms with E-state index in [-0.39, 0.29) is 29.8 Å². The summed E-state index contributed by atoms with van der Waals surface area (Å²) in [6.07, 6.45) is 0.636. The van der Waals surface area contributed by atoms with Gasteiger partial charge in [0.15, 0.2) is 0 Å². The van der Waals surface area contributed by atoms with E-state index in [4.69, 9.17) is 0 Å². The van der Waals surface area contributed by atoms with Crippen molar-refractivity contribution < 1.29 is 9.18 Å². The fraction of sp³-hybridized carbons (Fsp3) is 0.412. The molecule has 2 heterocycles. The summed E-state index contributed by atoms with van der Waals surface area (Å²) in [7, 11) is 0. The topological polar surface area (TPSA) is 59.0 Å². The van der Waals surface area contributed by atoms with Crippen LogP contribution in [0.1, 0.15) is 39.8 Å². The predicted molar refractivity (Wildman–Crippen MR) is 94.4 cm³/mol. The Hall–Kier alpha value is -1.92. The Morgan fingerprint density at radius 3 is 2.83 bits per heavy atom. The first-order chi connectivity index (χ1) is 11.0. The minimum absolute atomic E-state index is 0. The van der Waals surface area contributed by atoms with E-state index in [2.05, 4.69) is 15.7 Å². The number of benzene rings is 1. The van der Waals surface area contributed by atoms with Crippen LogP contribution < -0.4 is 10.6 Å². The highest BCUT2D eigenvalue weighted by atomic mass is 35.5. The monoisotopic (exact) mass is 352 g/mol. The van der Waals surface area contributed by atoms with Gasteiger partial charge in [-0.2, -0.15) is 5.10 Å². The van der Waals surface area contributed by atoms with Crippen molar-refractivity contribution >= 4 is 24.0 Å². The predicted octanol–water partition coefficient (Wildman–Crippen LogP) is 2.98. The molecule has 24 heavy (non-hydrogen) atoms. The average molecular weight is 353 g/mol. The first-order valence-electron chi connectivity index (χ1n) is 7.89. The highest BCUT2D eigenvalue weighted by molar-refractivity contribution is 6.06. The number of hydrogen-bond acceptors (Lipinski definition) is 3. The molecule has 0 fully saturated rings. The first-order valence-corrected chi connectivity index (χ1v) is 7.89. The smallest absolute Gasteiger partial charge is 0.259 e. The average Bonchev–Trinajstić information content (AvgIpc) is 2.84. The van der Waals surface area contributed by atoms with E-state index < -0.39 is 0 Å². The van der Waals surface area contributed by atoms with Crippen molar-refractivity contribution in [1.29, 1.82) is 0 Å². The van der Waals surface area contributed by atoms with E-state index in [9.17, 15) is 9.18 Å². The number of carbonyl (C=O) groups is 1. The lowest BCUT2D eigenvalue weighted by molar-refractivity contribution is 0.102. The molecule has 5 nitrogen and oxygen atoms in total. The summed E-state index contributed by atoms with van der Waals surface area (Å²) in [5.41, 5.74) is 3.86. The lowest BCUT2D eigenvalue weighted by Gasteiger charge is -2.19. The Morgan fingerprint density at radius 2 is 2.17 bits per heavy atom. The lowest BCUT2D eigenvalue weighted by Crippen LogP contribution is -2.25. The van der Waals surface area contributed by atoms with Crippen molar-refractivity contribution in [3.8, 4) is 0 Å². The van der Waals surface area contributed by atoms with Crippen LogP contribution in [0.5, 0.6) is 0 Å². The number of anilines is 1. The number of aromatic nitrogens is 2. The van der Waals surface area contributed by atoms with Crippen molar-refractivity contribution in [2.75, 3.05) is 11.9 Å². The van der Waals surface area contributed by atoms with E-state index in [1.54, 1.807) is 17.7 Å². The normalized spacial score (nSPS) is 13.2. The minimum Gasteiger partial charge on any atom is -0.319 e. The molecule has 0 bridgehead atoms. The molecule has 2 N–H and O–H groups in total. The molecule has 0 spiro atoms. The molecule has 0 saturated carbocycles. The third-order valence-corrected chi connectivity index (χ3v) is 4.36. The number of nitrogens with zero attached hydrogens (tertiary/aromatic N) is 2. The molecule has 3 rings (SSSR count). The summed E-state index contributed by atoms with van der Waals surface area (Å²) < 4.78 is 16.4. The molecule has 0 aliphatic carbocycles. The van der Waals surface area contributed by atoms with Crippen molar-refractivity contribution in [1.82, 2.24) is 15.1 Å². The molecule has 0 saturated heterocycles. The zero-order valence-electron chi connectivity index (χ0n) is 14.1. The van der Waals surface area contributed by atoms with Crippen LogP contribution in [0.15, 0.2) is 12.1 Å². The van der Waals surface area contributed by atoms with Crippen LogP contribution in [0.25, 0.3) is 0 Å². The Labute approximate surface area is 147 Å². The van der Waals surface area contributed by atoms with Crippen LogP contribution in [0.3, 0.4) is 0 Å².